The van der Waals surface area contributed by atoms with Crippen LogP contribution < -0.4 is 10.1 Å². The van der Waals surface area contributed by atoms with Crippen molar-refractivity contribution in [2.45, 2.75) is 12.3 Å². The summed E-state index contributed by atoms with van der Waals surface area (Å²) >= 11 is 0. The maximum Gasteiger partial charge on any atom is 0.213 e. The highest BCUT2D eigenvalue weighted by Crippen LogP contribution is 2.25. The van der Waals surface area contributed by atoms with Crippen molar-refractivity contribution in [2.75, 3.05) is 20.2 Å². The number of hydrogen-bond acceptors (Lipinski definition) is 4. The molecule has 3 heterocycles. The number of aromatic nitrogens is 4. The quantitative estimate of drug-likeness (QED) is 0.867. The van der Waals surface area contributed by atoms with Crippen LogP contribution in [0.4, 0.5) is 0 Å². The second-order valence-corrected chi connectivity index (χ2v) is 4.55. The standard InChI is InChI=1S/C12H17N5O/c1-16-12(18-2)5-11(15-16)17-8-14-7-10(17)9-3-4-13-6-9/h5,7-9,13H,3-4,6H2,1-2H3. The van der Waals surface area contributed by atoms with Crippen LogP contribution in [0.2, 0.25) is 0 Å². The van der Waals surface area contributed by atoms with E-state index in [1.807, 2.05) is 30.2 Å². The van der Waals surface area contributed by atoms with E-state index in [0.29, 0.717) is 5.92 Å². The molecule has 2 aromatic heterocycles. The van der Waals surface area contributed by atoms with Crippen LogP contribution in [-0.4, -0.2) is 39.5 Å². The molecule has 0 aliphatic carbocycles. The second kappa shape index (κ2) is 4.45. The number of nitrogens with one attached hydrogen (secondary N) is 1. The van der Waals surface area contributed by atoms with E-state index in [1.54, 1.807) is 11.8 Å². The predicted octanol–water partition coefficient (Wildman–Crippen LogP) is 0.691. The molecule has 18 heavy (non-hydrogen) atoms. The van der Waals surface area contributed by atoms with E-state index in [4.69, 9.17) is 4.74 Å². The molecular weight excluding hydrogens is 230 g/mol. The molecule has 0 aromatic carbocycles. The van der Waals surface area contributed by atoms with Gasteiger partial charge in [0.15, 0.2) is 5.82 Å². The van der Waals surface area contributed by atoms with Crippen LogP contribution in [0.1, 0.15) is 18.0 Å². The van der Waals surface area contributed by atoms with E-state index in [0.717, 1.165) is 31.2 Å². The van der Waals surface area contributed by atoms with E-state index in [1.165, 1.54) is 5.69 Å². The van der Waals surface area contributed by atoms with Gasteiger partial charge in [-0.05, 0) is 13.0 Å². The van der Waals surface area contributed by atoms with Crippen LogP contribution >= 0.6 is 0 Å². The molecule has 6 heteroatoms. The monoisotopic (exact) mass is 247 g/mol. The van der Waals surface area contributed by atoms with E-state index in [-0.39, 0.29) is 0 Å². The zero-order valence-electron chi connectivity index (χ0n) is 10.6. The molecule has 6 nitrogen and oxygen atoms in total. The summed E-state index contributed by atoms with van der Waals surface area (Å²) in [5.41, 5.74) is 1.21. The average Bonchev–Trinajstić information content (AvgIpc) is 3.08. The van der Waals surface area contributed by atoms with E-state index < -0.39 is 0 Å². The Morgan fingerprint density at radius 2 is 2.39 bits per heavy atom. The first-order valence-electron chi connectivity index (χ1n) is 6.11. The summed E-state index contributed by atoms with van der Waals surface area (Å²) in [7, 11) is 3.52. The van der Waals surface area contributed by atoms with Crippen molar-refractivity contribution in [1.82, 2.24) is 24.6 Å². The number of methoxy groups -OCH3 is 1. The zero-order valence-corrected chi connectivity index (χ0v) is 10.6. The van der Waals surface area contributed by atoms with Crippen LogP contribution in [0.15, 0.2) is 18.6 Å². The molecule has 0 bridgehead atoms. The molecule has 0 radical (unpaired) electrons. The largest absolute Gasteiger partial charge is 0.481 e. The molecule has 96 valence electrons. The van der Waals surface area contributed by atoms with Gasteiger partial charge >= 0.3 is 0 Å². The van der Waals surface area contributed by atoms with Crippen LogP contribution in [0.3, 0.4) is 0 Å². The summed E-state index contributed by atoms with van der Waals surface area (Å²) in [6.07, 6.45) is 4.89. The minimum atomic E-state index is 0.514. The van der Waals surface area contributed by atoms with Crippen molar-refractivity contribution >= 4 is 0 Å². The molecule has 1 aliphatic rings. The minimum absolute atomic E-state index is 0.514. The maximum absolute atomic E-state index is 5.24. The Hall–Kier alpha value is -1.82. The summed E-state index contributed by atoms with van der Waals surface area (Å²) in [4.78, 5) is 4.25. The van der Waals surface area contributed by atoms with Gasteiger partial charge in [-0.15, -0.1) is 0 Å². The van der Waals surface area contributed by atoms with Gasteiger partial charge in [0.2, 0.25) is 5.88 Å². The van der Waals surface area contributed by atoms with Crippen LogP contribution in [0.25, 0.3) is 5.82 Å². The predicted molar refractivity (Wildman–Crippen MR) is 67.1 cm³/mol. The minimum Gasteiger partial charge on any atom is -0.481 e. The number of imidazole rings is 1. The van der Waals surface area contributed by atoms with Gasteiger partial charge in [0.05, 0.1) is 7.11 Å². The lowest BCUT2D eigenvalue weighted by atomic mass is 10.1. The number of hydrogen-bond donors (Lipinski definition) is 1. The Morgan fingerprint density at radius 3 is 3.06 bits per heavy atom. The third kappa shape index (κ3) is 1.78. The highest BCUT2D eigenvalue weighted by Gasteiger charge is 2.21. The fraction of sp³-hybridized carbons (Fsp3) is 0.500. The van der Waals surface area contributed by atoms with Crippen LogP contribution in [0.5, 0.6) is 5.88 Å². The molecule has 0 amide bonds. The average molecular weight is 247 g/mol. The van der Waals surface area contributed by atoms with Crippen molar-refractivity contribution in [2.24, 2.45) is 7.05 Å². The number of rotatable bonds is 3. The Bertz CT molecular complexity index is 538. The highest BCUT2D eigenvalue weighted by atomic mass is 16.5. The van der Waals surface area contributed by atoms with E-state index in [9.17, 15) is 0 Å². The van der Waals surface area contributed by atoms with Gasteiger partial charge in [0.25, 0.3) is 0 Å². The first-order chi connectivity index (χ1) is 8.79. The summed E-state index contributed by atoms with van der Waals surface area (Å²) in [6, 6.07) is 1.92. The summed E-state index contributed by atoms with van der Waals surface area (Å²) in [6.45, 7) is 2.08. The second-order valence-electron chi connectivity index (χ2n) is 4.55. The number of nitrogens with zero attached hydrogens (tertiary/aromatic N) is 4. The molecule has 1 atom stereocenters. The fourth-order valence-corrected chi connectivity index (χ4v) is 2.45. The van der Waals surface area contributed by atoms with Crippen molar-refractivity contribution in [3.8, 4) is 11.7 Å². The molecule has 0 saturated carbocycles. The van der Waals surface area contributed by atoms with Crippen LogP contribution in [0, 0.1) is 0 Å². The normalized spacial score (nSPS) is 19.3. The number of aryl methyl sites for hydroxylation is 1. The molecular formula is C12H17N5O. The summed E-state index contributed by atoms with van der Waals surface area (Å²) in [5, 5.41) is 7.83. The lowest BCUT2D eigenvalue weighted by molar-refractivity contribution is 0.373. The van der Waals surface area contributed by atoms with Crippen molar-refractivity contribution in [1.29, 1.82) is 0 Å². The van der Waals surface area contributed by atoms with Gasteiger partial charge < -0.3 is 10.1 Å². The van der Waals surface area contributed by atoms with Gasteiger partial charge in [-0.2, -0.15) is 5.10 Å². The summed E-state index contributed by atoms with van der Waals surface area (Å²) < 4.78 is 9.01. The van der Waals surface area contributed by atoms with Gasteiger partial charge in [-0.3, -0.25) is 4.57 Å². The Labute approximate surface area is 106 Å². The maximum atomic E-state index is 5.24. The molecule has 2 aromatic rings. The lowest BCUT2D eigenvalue weighted by Gasteiger charge is -2.10. The molecule has 1 fully saturated rings. The van der Waals surface area contributed by atoms with E-state index >= 15 is 0 Å². The Kier molecular flexibility index (Phi) is 2.79. The third-order valence-electron chi connectivity index (χ3n) is 3.43. The molecule has 0 spiro atoms. The van der Waals surface area contributed by atoms with Gasteiger partial charge in [0.1, 0.15) is 6.33 Å². The summed E-state index contributed by atoms with van der Waals surface area (Å²) in [5.74, 6) is 2.11. The first-order valence-corrected chi connectivity index (χ1v) is 6.11. The Balaban J connectivity index is 1.98. The van der Waals surface area contributed by atoms with E-state index in [2.05, 4.69) is 15.4 Å². The van der Waals surface area contributed by atoms with Crippen molar-refractivity contribution < 1.29 is 4.74 Å². The SMILES string of the molecule is COc1cc(-n2cncc2C2CCNC2)nn1C. The fourth-order valence-electron chi connectivity index (χ4n) is 2.45. The van der Waals surface area contributed by atoms with Crippen LogP contribution in [-0.2, 0) is 7.05 Å². The van der Waals surface area contributed by atoms with Gasteiger partial charge in [-0.1, -0.05) is 0 Å². The molecule has 1 aliphatic heterocycles. The lowest BCUT2D eigenvalue weighted by Crippen LogP contribution is -2.11. The molecule has 1 unspecified atom stereocenters. The highest BCUT2D eigenvalue weighted by molar-refractivity contribution is 5.32. The van der Waals surface area contributed by atoms with Gasteiger partial charge in [-0.25, -0.2) is 9.67 Å². The topological polar surface area (TPSA) is 56.9 Å². The van der Waals surface area contributed by atoms with Gasteiger partial charge in [0, 0.05) is 37.5 Å². The third-order valence-corrected chi connectivity index (χ3v) is 3.43. The Morgan fingerprint density at radius 1 is 1.50 bits per heavy atom. The number of ether oxygens (including phenoxy) is 1. The van der Waals surface area contributed by atoms with Crippen molar-refractivity contribution in [3.05, 3.63) is 24.3 Å². The molecule has 1 N–H and O–H groups in total. The first kappa shape index (κ1) is 11.3. The van der Waals surface area contributed by atoms with Crippen molar-refractivity contribution in [3.63, 3.8) is 0 Å². The molecule has 1 saturated heterocycles. The smallest absolute Gasteiger partial charge is 0.213 e. The zero-order chi connectivity index (χ0) is 12.5. The molecule has 3 rings (SSSR count).